The van der Waals surface area contributed by atoms with Gasteiger partial charge in [0.15, 0.2) is 0 Å². The molecule has 2 rings (SSSR count). The van der Waals surface area contributed by atoms with Crippen LogP contribution in [-0.4, -0.2) is 28.7 Å². The Kier molecular flexibility index (Phi) is 3.67. The van der Waals surface area contributed by atoms with Crippen LogP contribution >= 0.6 is 0 Å². The Morgan fingerprint density at radius 3 is 2.74 bits per heavy atom. The van der Waals surface area contributed by atoms with E-state index in [1.165, 1.54) is 18.5 Å². The van der Waals surface area contributed by atoms with Gasteiger partial charge >= 0.3 is 0 Å². The van der Waals surface area contributed by atoms with Gasteiger partial charge in [0.1, 0.15) is 10.7 Å². The lowest BCUT2D eigenvalue weighted by Crippen LogP contribution is -2.17. The summed E-state index contributed by atoms with van der Waals surface area (Å²) in [6.07, 6.45) is 2.51. The minimum absolute atomic E-state index is 0.267. The lowest BCUT2D eigenvalue weighted by Gasteiger charge is -2.07. The highest BCUT2D eigenvalue weighted by Crippen LogP contribution is 2.18. The number of aliphatic hydroxyl groups is 1. The zero-order valence-electron chi connectivity index (χ0n) is 9.49. The lowest BCUT2D eigenvalue weighted by atomic mass is 10.2. The van der Waals surface area contributed by atoms with E-state index < -0.39 is 27.3 Å². The zero-order valence-corrected chi connectivity index (χ0v) is 10.3. The molecule has 0 saturated heterocycles. The van der Waals surface area contributed by atoms with Crippen molar-refractivity contribution in [3.05, 3.63) is 42.0 Å². The molecule has 0 radical (unpaired) electrons. The van der Waals surface area contributed by atoms with Gasteiger partial charge in [0.2, 0.25) is 0 Å². The maximum Gasteiger partial charge on any atom is 0.267 e. The molecule has 0 aliphatic carbocycles. The number of halogens is 1. The third-order valence-electron chi connectivity index (χ3n) is 2.18. The SMILES string of the molecule is O=S(=O)(Nc1nccnn1)c1cc(CO)ccc1F. The second-order valence-corrected chi connectivity index (χ2v) is 5.15. The summed E-state index contributed by atoms with van der Waals surface area (Å²) in [5.74, 6) is -1.20. The van der Waals surface area contributed by atoms with Crippen molar-refractivity contribution in [3.8, 4) is 0 Å². The molecule has 0 aliphatic heterocycles. The number of anilines is 1. The van der Waals surface area contributed by atoms with Gasteiger partial charge in [-0.3, -0.25) is 0 Å². The van der Waals surface area contributed by atoms with Crippen molar-refractivity contribution >= 4 is 16.0 Å². The number of hydrogen-bond acceptors (Lipinski definition) is 6. The number of rotatable bonds is 4. The number of aliphatic hydroxyl groups excluding tert-OH is 1. The molecular formula is C10H9FN4O3S. The van der Waals surface area contributed by atoms with E-state index in [-0.39, 0.29) is 11.5 Å². The molecule has 1 aromatic heterocycles. The van der Waals surface area contributed by atoms with Gasteiger partial charge in [-0.05, 0) is 17.7 Å². The topological polar surface area (TPSA) is 105 Å². The summed E-state index contributed by atoms with van der Waals surface area (Å²) in [6.45, 7) is -0.397. The van der Waals surface area contributed by atoms with Crippen molar-refractivity contribution in [2.24, 2.45) is 0 Å². The molecule has 9 heteroatoms. The third-order valence-corrected chi connectivity index (χ3v) is 3.52. The summed E-state index contributed by atoms with van der Waals surface area (Å²) in [6, 6.07) is 3.28. The van der Waals surface area contributed by atoms with Gasteiger partial charge < -0.3 is 5.11 Å². The van der Waals surface area contributed by atoms with E-state index in [0.29, 0.717) is 0 Å². The Labute approximate surface area is 108 Å². The van der Waals surface area contributed by atoms with E-state index in [1.807, 2.05) is 4.72 Å². The second kappa shape index (κ2) is 5.24. The fourth-order valence-corrected chi connectivity index (χ4v) is 2.40. The van der Waals surface area contributed by atoms with E-state index in [0.717, 1.165) is 12.1 Å². The number of aromatic nitrogens is 3. The molecule has 100 valence electrons. The van der Waals surface area contributed by atoms with Crippen molar-refractivity contribution < 1.29 is 17.9 Å². The molecule has 1 aromatic carbocycles. The van der Waals surface area contributed by atoms with Crippen LogP contribution in [-0.2, 0) is 16.6 Å². The number of hydrogen-bond donors (Lipinski definition) is 2. The number of sulfonamides is 1. The molecule has 0 fully saturated rings. The summed E-state index contributed by atoms with van der Waals surface area (Å²) < 4.78 is 39.4. The Hall–Kier alpha value is -2.13. The Balaban J connectivity index is 2.39. The van der Waals surface area contributed by atoms with Crippen LogP contribution in [0.3, 0.4) is 0 Å². The number of nitrogens with one attached hydrogen (secondary N) is 1. The predicted octanol–water partition coefficient (Wildman–Crippen LogP) is 0.304. The lowest BCUT2D eigenvalue weighted by molar-refractivity contribution is 0.281. The molecule has 1 heterocycles. The first kappa shape index (κ1) is 13.3. The molecule has 0 aliphatic rings. The summed E-state index contributed by atoms with van der Waals surface area (Å²) in [7, 11) is -4.18. The smallest absolute Gasteiger partial charge is 0.267 e. The highest BCUT2D eigenvalue weighted by molar-refractivity contribution is 7.92. The van der Waals surface area contributed by atoms with Gasteiger partial charge in [-0.25, -0.2) is 22.5 Å². The van der Waals surface area contributed by atoms with Gasteiger partial charge in [-0.2, -0.15) is 5.10 Å². The Morgan fingerprint density at radius 2 is 2.11 bits per heavy atom. The van der Waals surface area contributed by atoms with E-state index in [4.69, 9.17) is 5.11 Å². The first-order chi connectivity index (χ1) is 9.03. The van der Waals surface area contributed by atoms with Crippen LogP contribution in [0.2, 0.25) is 0 Å². The monoisotopic (exact) mass is 284 g/mol. The first-order valence-electron chi connectivity index (χ1n) is 5.09. The average molecular weight is 284 g/mol. The molecule has 7 nitrogen and oxygen atoms in total. The highest BCUT2D eigenvalue weighted by Gasteiger charge is 2.20. The first-order valence-corrected chi connectivity index (χ1v) is 6.57. The fraction of sp³-hybridized carbons (Fsp3) is 0.100. The molecule has 0 amide bonds. The maximum absolute atomic E-state index is 13.5. The summed E-state index contributed by atoms with van der Waals surface area (Å²) in [5, 5.41) is 15.8. The maximum atomic E-state index is 13.5. The number of nitrogens with zero attached hydrogens (tertiary/aromatic N) is 3. The standard InChI is InChI=1S/C10H9FN4O3S/c11-8-2-1-7(6-16)5-9(8)19(17,18)15-10-12-3-4-13-14-10/h1-5,16H,6H2,(H,12,14,15). The predicted molar refractivity (Wildman–Crippen MR) is 63.0 cm³/mol. The average Bonchev–Trinajstić information content (AvgIpc) is 2.39. The minimum atomic E-state index is -4.18. The van der Waals surface area contributed by atoms with Crippen LogP contribution in [0.15, 0.2) is 35.5 Å². The molecule has 0 bridgehead atoms. The highest BCUT2D eigenvalue weighted by atomic mass is 32.2. The second-order valence-electron chi connectivity index (χ2n) is 3.49. The van der Waals surface area contributed by atoms with Crippen LogP contribution < -0.4 is 4.72 Å². The quantitative estimate of drug-likeness (QED) is 0.836. The van der Waals surface area contributed by atoms with Crippen LogP contribution in [0.4, 0.5) is 10.3 Å². The largest absolute Gasteiger partial charge is 0.392 e. The summed E-state index contributed by atoms with van der Waals surface area (Å²) in [4.78, 5) is 3.03. The van der Waals surface area contributed by atoms with Crippen LogP contribution in [0.5, 0.6) is 0 Å². The Bertz CT molecular complexity index is 678. The van der Waals surface area contributed by atoms with Gasteiger partial charge in [-0.1, -0.05) is 6.07 Å². The molecular weight excluding hydrogens is 275 g/mol. The van der Waals surface area contributed by atoms with Crippen molar-refractivity contribution in [1.29, 1.82) is 0 Å². The minimum Gasteiger partial charge on any atom is -0.392 e. The van der Waals surface area contributed by atoms with Crippen molar-refractivity contribution in [2.75, 3.05) is 4.72 Å². The Morgan fingerprint density at radius 1 is 1.32 bits per heavy atom. The van der Waals surface area contributed by atoms with Gasteiger partial charge in [0.05, 0.1) is 19.0 Å². The normalized spacial score (nSPS) is 11.3. The van der Waals surface area contributed by atoms with Crippen LogP contribution in [0.1, 0.15) is 5.56 Å². The molecule has 0 saturated carbocycles. The molecule has 2 aromatic rings. The van der Waals surface area contributed by atoms with Crippen LogP contribution in [0, 0.1) is 5.82 Å². The van der Waals surface area contributed by atoms with Crippen molar-refractivity contribution in [1.82, 2.24) is 15.2 Å². The molecule has 0 spiro atoms. The third kappa shape index (κ3) is 3.01. The van der Waals surface area contributed by atoms with Crippen LogP contribution in [0.25, 0.3) is 0 Å². The van der Waals surface area contributed by atoms with Gasteiger partial charge in [-0.15, -0.1) is 5.10 Å². The molecule has 0 atom stereocenters. The summed E-state index contributed by atoms with van der Waals surface area (Å²) >= 11 is 0. The van der Waals surface area contributed by atoms with Crippen molar-refractivity contribution in [3.63, 3.8) is 0 Å². The van der Waals surface area contributed by atoms with Gasteiger partial charge in [0.25, 0.3) is 16.0 Å². The van der Waals surface area contributed by atoms with E-state index >= 15 is 0 Å². The number of benzene rings is 1. The van der Waals surface area contributed by atoms with E-state index in [9.17, 15) is 12.8 Å². The van der Waals surface area contributed by atoms with Gasteiger partial charge in [0, 0.05) is 0 Å². The summed E-state index contributed by atoms with van der Waals surface area (Å²) in [5.41, 5.74) is 0.272. The molecule has 2 N–H and O–H groups in total. The van der Waals surface area contributed by atoms with Crippen molar-refractivity contribution in [2.45, 2.75) is 11.5 Å². The van der Waals surface area contributed by atoms with E-state index in [1.54, 1.807) is 0 Å². The molecule has 0 unspecified atom stereocenters. The zero-order chi connectivity index (χ0) is 13.9. The fourth-order valence-electron chi connectivity index (χ4n) is 1.32. The molecule has 19 heavy (non-hydrogen) atoms. The van der Waals surface area contributed by atoms with E-state index in [2.05, 4.69) is 15.2 Å².